The maximum atomic E-state index is 12.4. The zero-order valence-electron chi connectivity index (χ0n) is 13.5. The fraction of sp³-hybridized carbons (Fsp3) is 0.176. The molecule has 1 N–H and O–H groups in total. The fourth-order valence-corrected chi connectivity index (χ4v) is 3.25. The average Bonchev–Trinajstić information content (AvgIpc) is 3.01. The number of nitrogens with zero attached hydrogens (tertiary/aromatic N) is 3. The molecule has 0 radical (unpaired) electrons. The molecule has 0 saturated heterocycles. The third-order valence-corrected chi connectivity index (χ3v) is 4.72. The topological polar surface area (TPSA) is 78.1 Å². The summed E-state index contributed by atoms with van der Waals surface area (Å²) in [6, 6.07) is 5.08. The van der Waals surface area contributed by atoms with E-state index in [0.717, 1.165) is 5.04 Å². The second-order valence-corrected chi connectivity index (χ2v) is 6.63. The molecule has 1 amide bonds. The molecule has 0 aromatic heterocycles. The Balaban J connectivity index is 2.00. The molecule has 128 valence electrons. The lowest BCUT2D eigenvalue weighted by molar-refractivity contribution is -0.114. The van der Waals surface area contributed by atoms with E-state index in [1.54, 1.807) is 30.4 Å². The lowest BCUT2D eigenvalue weighted by atomic mass is 10.1. The standard InChI is InChI=1S/C17H15ClN4O2S/c1-3-7-24-13-6-5-11(18)8-10(13)9-12-15(19)22-17(20-16(12)23)25-14(4-2)21-22/h3,5-6,8-9,19H,1,4,7H2,2H3/b12-9+,19-15?. The number of hydrogen-bond acceptors (Lipinski definition) is 5. The second-order valence-electron chi connectivity index (χ2n) is 5.15. The van der Waals surface area contributed by atoms with Crippen molar-refractivity contribution in [1.29, 1.82) is 5.41 Å². The summed E-state index contributed by atoms with van der Waals surface area (Å²) >= 11 is 7.37. The average molecular weight is 375 g/mol. The minimum atomic E-state index is -0.481. The van der Waals surface area contributed by atoms with Gasteiger partial charge in [0, 0.05) is 10.6 Å². The highest BCUT2D eigenvalue weighted by Gasteiger charge is 2.35. The van der Waals surface area contributed by atoms with Gasteiger partial charge >= 0.3 is 0 Å². The maximum absolute atomic E-state index is 12.4. The van der Waals surface area contributed by atoms with E-state index in [9.17, 15) is 4.79 Å². The lowest BCUT2D eigenvalue weighted by Crippen LogP contribution is -2.35. The van der Waals surface area contributed by atoms with Crippen LogP contribution in [-0.4, -0.2) is 33.6 Å². The van der Waals surface area contributed by atoms with Gasteiger partial charge in [-0.2, -0.15) is 15.1 Å². The number of thioether (sulfide) groups is 1. The number of carbonyl (C=O) groups excluding carboxylic acids is 1. The van der Waals surface area contributed by atoms with Crippen molar-refractivity contribution >= 4 is 51.4 Å². The first-order valence-corrected chi connectivity index (χ1v) is 8.75. The van der Waals surface area contributed by atoms with Gasteiger partial charge in [0.1, 0.15) is 17.4 Å². The zero-order chi connectivity index (χ0) is 18.0. The molecule has 25 heavy (non-hydrogen) atoms. The van der Waals surface area contributed by atoms with E-state index in [4.69, 9.17) is 21.7 Å². The van der Waals surface area contributed by atoms with Crippen molar-refractivity contribution in [2.45, 2.75) is 13.3 Å². The minimum Gasteiger partial charge on any atom is -0.489 e. The molecule has 3 rings (SSSR count). The summed E-state index contributed by atoms with van der Waals surface area (Å²) in [5.41, 5.74) is 0.726. The zero-order valence-corrected chi connectivity index (χ0v) is 15.0. The van der Waals surface area contributed by atoms with Crippen LogP contribution in [0, 0.1) is 5.41 Å². The number of hydrogen-bond donors (Lipinski definition) is 1. The van der Waals surface area contributed by atoms with Crippen LogP contribution in [0.3, 0.4) is 0 Å². The summed E-state index contributed by atoms with van der Waals surface area (Å²) in [5.74, 6) is 0.0484. The molecule has 0 atom stereocenters. The van der Waals surface area contributed by atoms with Crippen LogP contribution in [0.2, 0.25) is 5.02 Å². The first kappa shape index (κ1) is 17.4. The molecular formula is C17H15ClN4O2S. The molecule has 6 nitrogen and oxygen atoms in total. The van der Waals surface area contributed by atoms with Crippen LogP contribution in [-0.2, 0) is 4.79 Å². The van der Waals surface area contributed by atoms with Crippen molar-refractivity contribution in [1.82, 2.24) is 5.01 Å². The molecule has 0 aliphatic carbocycles. The van der Waals surface area contributed by atoms with Crippen LogP contribution >= 0.6 is 23.4 Å². The Hall–Kier alpha value is -2.38. The summed E-state index contributed by atoms with van der Waals surface area (Å²) in [4.78, 5) is 16.4. The largest absolute Gasteiger partial charge is 0.489 e. The number of benzene rings is 1. The van der Waals surface area contributed by atoms with Gasteiger partial charge < -0.3 is 4.74 Å². The number of carbonyl (C=O) groups is 1. The number of fused-ring (bicyclic) bond motifs is 1. The van der Waals surface area contributed by atoms with Crippen LogP contribution in [0.4, 0.5) is 0 Å². The van der Waals surface area contributed by atoms with Gasteiger partial charge in [-0.05, 0) is 42.5 Å². The Morgan fingerprint density at radius 2 is 2.28 bits per heavy atom. The highest BCUT2D eigenvalue weighted by atomic mass is 35.5. The molecule has 0 bridgehead atoms. The molecule has 2 aliphatic rings. The molecule has 2 heterocycles. The number of hydrazone groups is 1. The van der Waals surface area contributed by atoms with Gasteiger partial charge in [0.2, 0.25) is 5.17 Å². The first-order chi connectivity index (χ1) is 12.0. The second kappa shape index (κ2) is 7.25. The lowest BCUT2D eigenvalue weighted by Gasteiger charge is -2.20. The molecule has 0 spiro atoms. The van der Waals surface area contributed by atoms with Crippen LogP contribution in [0.15, 0.2) is 46.5 Å². The molecular weight excluding hydrogens is 360 g/mol. The Bertz CT molecular complexity index is 860. The smallest absolute Gasteiger partial charge is 0.283 e. The number of aliphatic imine (C=N–C) groups is 1. The van der Waals surface area contributed by atoms with Crippen molar-refractivity contribution in [3.05, 3.63) is 47.0 Å². The third-order valence-electron chi connectivity index (χ3n) is 3.43. The van der Waals surface area contributed by atoms with Gasteiger partial charge in [-0.3, -0.25) is 10.2 Å². The molecule has 1 aromatic rings. The minimum absolute atomic E-state index is 0.0133. The molecule has 0 fully saturated rings. The van der Waals surface area contributed by atoms with E-state index in [1.165, 1.54) is 16.8 Å². The number of nitrogens with one attached hydrogen (secondary N) is 1. The first-order valence-electron chi connectivity index (χ1n) is 7.55. The summed E-state index contributed by atoms with van der Waals surface area (Å²) in [6.45, 7) is 5.90. The van der Waals surface area contributed by atoms with E-state index < -0.39 is 5.91 Å². The third kappa shape index (κ3) is 3.52. The highest BCUT2D eigenvalue weighted by molar-refractivity contribution is 8.26. The van der Waals surface area contributed by atoms with Crippen LogP contribution < -0.4 is 4.74 Å². The van der Waals surface area contributed by atoms with E-state index in [0.29, 0.717) is 34.5 Å². The predicted octanol–water partition coefficient (Wildman–Crippen LogP) is 3.93. The number of halogens is 1. The molecule has 0 unspecified atom stereocenters. The van der Waals surface area contributed by atoms with Crippen molar-refractivity contribution < 1.29 is 9.53 Å². The number of rotatable bonds is 5. The van der Waals surface area contributed by atoms with Crippen LogP contribution in [0.25, 0.3) is 6.08 Å². The highest BCUT2D eigenvalue weighted by Crippen LogP contribution is 2.31. The van der Waals surface area contributed by atoms with Crippen LogP contribution in [0.5, 0.6) is 5.75 Å². The Morgan fingerprint density at radius 3 is 3.00 bits per heavy atom. The SMILES string of the molecule is C=CCOc1ccc(Cl)cc1/C=C1\C(=N)N2N=C(CC)SC2=NC1=O. The van der Waals surface area contributed by atoms with Crippen molar-refractivity contribution in [3.63, 3.8) is 0 Å². The normalized spacial score (nSPS) is 18.2. The Labute approximate surface area is 154 Å². The predicted molar refractivity (Wildman–Crippen MR) is 102 cm³/mol. The Kier molecular flexibility index (Phi) is 5.06. The van der Waals surface area contributed by atoms with Gasteiger partial charge in [0.15, 0.2) is 5.84 Å². The number of amides is 1. The number of amidine groups is 2. The molecule has 1 aromatic carbocycles. The summed E-state index contributed by atoms with van der Waals surface area (Å²) in [5, 5.41) is 15.8. The molecule has 2 aliphatic heterocycles. The maximum Gasteiger partial charge on any atom is 0.283 e. The van der Waals surface area contributed by atoms with Crippen LogP contribution in [0.1, 0.15) is 18.9 Å². The molecule has 8 heteroatoms. The quantitative estimate of drug-likeness (QED) is 0.625. The number of ether oxygens (including phenoxy) is 1. The summed E-state index contributed by atoms with van der Waals surface area (Å²) < 4.78 is 5.59. The van der Waals surface area contributed by atoms with Gasteiger partial charge in [-0.15, -0.1) is 0 Å². The molecule has 0 saturated carbocycles. The Morgan fingerprint density at radius 1 is 1.48 bits per heavy atom. The summed E-state index contributed by atoms with van der Waals surface area (Å²) in [6.07, 6.45) is 3.90. The van der Waals surface area contributed by atoms with Gasteiger partial charge in [0.05, 0.1) is 5.57 Å². The monoisotopic (exact) mass is 374 g/mol. The van der Waals surface area contributed by atoms with Gasteiger partial charge in [-0.25, -0.2) is 0 Å². The van der Waals surface area contributed by atoms with Crippen molar-refractivity contribution in [2.24, 2.45) is 10.1 Å². The van der Waals surface area contributed by atoms with E-state index in [2.05, 4.69) is 16.7 Å². The van der Waals surface area contributed by atoms with Gasteiger partial charge in [-0.1, -0.05) is 31.2 Å². The van der Waals surface area contributed by atoms with E-state index in [-0.39, 0.29) is 11.4 Å². The summed E-state index contributed by atoms with van der Waals surface area (Å²) in [7, 11) is 0. The van der Waals surface area contributed by atoms with Crippen molar-refractivity contribution in [2.75, 3.05) is 6.61 Å². The van der Waals surface area contributed by atoms with Gasteiger partial charge in [0.25, 0.3) is 5.91 Å². The van der Waals surface area contributed by atoms with Crippen molar-refractivity contribution in [3.8, 4) is 5.75 Å². The fourth-order valence-electron chi connectivity index (χ4n) is 2.24. The van der Waals surface area contributed by atoms with E-state index >= 15 is 0 Å². The van der Waals surface area contributed by atoms with E-state index in [1.807, 2.05) is 6.92 Å².